The SMILES string of the molecule is CN1C(c2cccc3ccccc23)=NC([C@H]2C=CC=CC2)=NC1c1ccc2c(c1)C1(c3ccccc3O2)c2ccccc2-c2ccccc21. The number of nitrogens with zero attached hydrogens (tertiary/aromatic N) is 3. The van der Waals surface area contributed by atoms with Gasteiger partial charge in [0.15, 0.2) is 0 Å². The minimum absolute atomic E-state index is 0.110. The normalized spacial score (nSPS) is 19.4. The summed E-state index contributed by atoms with van der Waals surface area (Å²) >= 11 is 0. The maximum Gasteiger partial charge on any atom is 0.150 e. The molecular formula is C45H33N3O. The largest absolute Gasteiger partial charge is 0.457 e. The number of amidine groups is 2. The highest BCUT2D eigenvalue weighted by molar-refractivity contribution is 6.15. The maximum absolute atomic E-state index is 6.73. The molecule has 0 saturated carbocycles. The lowest BCUT2D eigenvalue weighted by Crippen LogP contribution is -2.37. The number of allylic oxidation sites excluding steroid dienone is 3. The number of ether oxygens (including phenoxy) is 1. The molecule has 4 nitrogen and oxygen atoms in total. The van der Waals surface area contributed by atoms with E-state index in [-0.39, 0.29) is 12.1 Å². The van der Waals surface area contributed by atoms with Crippen molar-refractivity contribution >= 4 is 22.4 Å². The monoisotopic (exact) mass is 631 g/mol. The van der Waals surface area contributed by atoms with Gasteiger partial charge in [-0.05, 0) is 63.2 Å². The van der Waals surface area contributed by atoms with Gasteiger partial charge < -0.3 is 9.64 Å². The predicted molar refractivity (Wildman–Crippen MR) is 199 cm³/mol. The first-order chi connectivity index (χ1) is 24.2. The summed E-state index contributed by atoms with van der Waals surface area (Å²) in [5.74, 6) is 3.67. The summed E-state index contributed by atoms with van der Waals surface area (Å²) in [6, 6.07) is 48.0. The molecule has 234 valence electrons. The molecule has 0 amide bonds. The van der Waals surface area contributed by atoms with E-state index in [1.54, 1.807) is 0 Å². The lowest BCUT2D eigenvalue weighted by atomic mass is 9.66. The Morgan fingerprint density at radius 3 is 2.12 bits per heavy atom. The van der Waals surface area contributed by atoms with Crippen LogP contribution in [0.1, 0.15) is 46.0 Å². The van der Waals surface area contributed by atoms with Crippen LogP contribution in [0.3, 0.4) is 0 Å². The van der Waals surface area contributed by atoms with Gasteiger partial charge in [-0.3, -0.25) is 0 Å². The first kappa shape index (κ1) is 28.1. The van der Waals surface area contributed by atoms with Gasteiger partial charge in [-0.15, -0.1) is 0 Å². The number of hydrogen-bond donors (Lipinski definition) is 0. The van der Waals surface area contributed by atoms with E-state index in [9.17, 15) is 0 Å². The van der Waals surface area contributed by atoms with Crippen LogP contribution in [0.15, 0.2) is 168 Å². The van der Waals surface area contributed by atoms with Gasteiger partial charge in [0.2, 0.25) is 0 Å². The van der Waals surface area contributed by atoms with E-state index in [0.717, 1.165) is 51.8 Å². The molecule has 2 aliphatic carbocycles. The van der Waals surface area contributed by atoms with Crippen molar-refractivity contribution in [3.05, 3.63) is 191 Å². The van der Waals surface area contributed by atoms with Crippen LogP contribution in [0.5, 0.6) is 11.5 Å². The Morgan fingerprint density at radius 2 is 1.33 bits per heavy atom. The molecule has 1 spiro atoms. The van der Waals surface area contributed by atoms with Crippen molar-refractivity contribution in [1.82, 2.24) is 4.90 Å². The fourth-order valence-corrected chi connectivity index (χ4v) is 8.50. The molecule has 0 radical (unpaired) electrons. The van der Waals surface area contributed by atoms with E-state index in [1.165, 1.54) is 33.0 Å². The minimum atomic E-state index is -0.531. The smallest absolute Gasteiger partial charge is 0.150 e. The van der Waals surface area contributed by atoms with Crippen LogP contribution in [0.4, 0.5) is 0 Å². The molecule has 0 aromatic heterocycles. The van der Waals surface area contributed by atoms with E-state index in [1.807, 2.05) is 0 Å². The molecule has 10 rings (SSSR count). The molecule has 0 N–H and O–H groups in total. The fourth-order valence-electron chi connectivity index (χ4n) is 8.50. The highest BCUT2D eigenvalue weighted by Gasteiger charge is 2.51. The highest BCUT2D eigenvalue weighted by atomic mass is 16.5. The fraction of sp³-hybridized carbons (Fsp3) is 0.111. The summed E-state index contributed by atoms with van der Waals surface area (Å²) in [4.78, 5) is 13.0. The maximum atomic E-state index is 6.73. The second-order valence-electron chi connectivity index (χ2n) is 13.3. The first-order valence-electron chi connectivity index (χ1n) is 17.0. The number of fused-ring (bicyclic) bond motifs is 10. The van der Waals surface area contributed by atoms with E-state index < -0.39 is 5.41 Å². The molecule has 2 aliphatic heterocycles. The van der Waals surface area contributed by atoms with Crippen LogP contribution in [-0.2, 0) is 5.41 Å². The van der Waals surface area contributed by atoms with Gasteiger partial charge in [0.25, 0.3) is 0 Å². The van der Waals surface area contributed by atoms with E-state index in [0.29, 0.717) is 0 Å². The average molecular weight is 632 g/mol. The Labute approximate surface area is 286 Å². The molecular weight excluding hydrogens is 599 g/mol. The van der Waals surface area contributed by atoms with Gasteiger partial charge >= 0.3 is 0 Å². The van der Waals surface area contributed by atoms with Crippen molar-refractivity contribution in [2.45, 2.75) is 18.0 Å². The van der Waals surface area contributed by atoms with E-state index in [4.69, 9.17) is 14.7 Å². The van der Waals surface area contributed by atoms with Crippen molar-refractivity contribution in [2.24, 2.45) is 15.9 Å². The Kier molecular flexibility index (Phi) is 6.16. The lowest BCUT2D eigenvalue weighted by Gasteiger charge is -2.40. The van der Waals surface area contributed by atoms with Gasteiger partial charge in [-0.1, -0.05) is 140 Å². The summed E-state index contributed by atoms with van der Waals surface area (Å²) in [6.45, 7) is 0. The molecule has 0 saturated heterocycles. The summed E-state index contributed by atoms with van der Waals surface area (Å²) < 4.78 is 6.73. The second kappa shape index (κ2) is 10.8. The van der Waals surface area contributed by atoms with Gasteiger partial charge in [0, 0.05) is 29.7 Å². The standard InChI is InChI=1S/C45H33N3O/c1-48-43(46-42(30-15-3-2-4-16-30)47-44(48)35-21-13-17-29-14-5-6-18-32(29)35)31-26-27-41-39(28-31)45(38-24-11-12-25-40(38)49-41)36-22-9-7-19-33(36)34-20-8-10-23-37(34)45/h2-15,17-28,30,43H,16H2,1H3/t30-,43?/m0/s1. The second-order valence-corrected chi connectivity index (χ2v) is 13.3. The van der Waals surface area contributed by atoms with E-state index in [2.05, 4.69) is 170 Å². The summed E-state index contributed by atoms with van der Waals surface area (Å²) in [5, 5.41) is 2.38. The zero-order chi connectivity index (χ0) is 32.5. The lowest BCUT2D eigenvalue weighted by molar-refractivity contribution is 0.378. The molecule has 2 atom stereocenters. The highest BCUT2D eigenvalue weighted by Crippen LogP contribution is 2.62. The van der Waals surface area contributed by atoms with Crippen LogP contribution >= 0.6 is 0 Å². The summed E-state index contributed by atoms with van der Waals surface area (Å²) in [5.41, 5.74) is 9.08. The van der Waals surface area contributed by atoms with Gasteiger partial charge in [-0.2, -0.15) is 0 Å². The third-order valence-electron chi connectivity index (χ3n) is 10.7. The van der Waals surface area contributed by atoms with E-state index >= 15 is 0 Å². The Balaban J connectivity index is 1.20. The van der Waals surface area contributed by atoms with Gasteiger partial charge in [-0.25, -0.2) is 9.98 Å². The number of rotatable bonds is 3. The zero-order valence-corrected chi connectivity index (χ0v) is 27.1. The Hall–Kier alpha value is -6.00. The van der Waals surface area contributed by atoms with Crippen LogP contribution < -0.4 is 4.74 Å². The third-order valence-corrected chi connectivity index (χ3v) is 10.7. The molecule has 2 heterocycles. The molecule has 4 heteroatoms. The quantitative estimate of drug-likeness (QED) is 0.195. The Bertz CT molecular complexity index is 2400. The molecule has 1 unspecified atom stereocenters. The van der Waals surface area contributed by atoms with Gasteiger partial charge in [0.1, 0.15) is 29.3 Å². The molecule has 6 aromatic rings. The molecule has 4 aliphatic rings. The molecule has 6 aromatic carbocycles. The summed E-state index contributed by atoms with van der Waals surface area (Å²) in [7, 11) is 2.13. The number of hydrogen-bond acceptors (Lipinski definition) is 4. The molecule has 0 fully saturated rings. The first-order valence-corrected chi connectivity index (χ1v) is 17.0. The number of aliphatic imine (C=N–C) groups is 2. The summed E-state index contributed by atoms with van der Waals surface area (Å²) in [6.07, 6.45) is 9.25. The number of benzene rings is 6. The van der Waals surface area contributed by atoms with Crippen LogP contribution in [0, 0.1) is 5.92 Å². The van der Waals surface area contributed by atoms with Crippen molar-refractivity contribution in [2.75, 3.05) is 7.05 Å². The molecule has 49 heavy (non-hydrogen) atoms. The van der Waals surface area contributed by atoms with Crippen LogP contribution in [0.25, 0.3) is 21.9 Å². The number of para-hydroxylation sites is 1. The topological polar surface area (TPSA) is 37.2 Å². The Morgan fingerprint density at radius 1 is 0.653 bits per heavy atom. The third kappa shape index (κ3) is 4.04. The average Bonchev–Trinajstić information content (AvgIpc) is 3.46. The van der Waals surface area contributed by atoms with Crippen molar-refractivity contribution in [1.29, 1.82) is 0 Å². The van der Waals surface area contributed by atoms with Crippen molar-refractivity contribution in [3.63, 3.8) is 0 Å². The zero-order valence-electron chi connectivity index (χ0n) is 27.1. The molecule has 0 bridgehead atoms. The van der Waals surface area contributed by atoms with Gasteiger partial charge in [0.05, 0.1) is 5.41 Å². The van der Waals surface area contributed by atoms with Crippen molar-refractivity contribution < 1.29 is 4.74 Å². The van der Waals surface area contributed by atoms with Crippen LogP contribution in [-0.4, -0.2) is 23.6 Å². The minimum Gasteiger partial charge on any atom is -0.457 e. The predicted octanol–water partition coefficient (Wildman–Crippen LogP) is 10.2. The van der Waals surface area contributed by atoms with Crippen LogP contribution in [0.2, 0.25) is 0 Å². The van der Waals surface area contributed by atoms with Crippen molar-refractivity contribution in [3.8, 4) is 22.6 Å².